The molecule has 0 spiro atoms. The highest BCUT2D eigenvalue weighted by molar-refractivity contribution is 7.15. The van der Waals surface area contributed by atoms with Gasteiger partial charge in [0.1, 0.15) is 0 Å². The molecule has 1 aliphatic rings. The first-order valence-electron chi connectivity index (χ1n) is 7.00. The Bertz CT molecular complexity index is 592. The third-order valence-electron chi connectivity index (χ3n) is 4.32. The van der Waals surface area contributed by atoms with E-state index in [4.69, 9.17) is 0 Å². The predicted molar refractivity (Wildman–Crippen MR) is 77.9 cm³/mol. The number of thiazole rings is 1. The minimum Gasteiger partial charge on any atom is -0.481 e. The lowest BCUT2D eigenvalue weighted by Crippen LogP contribution is -2.47. The van der Waals surface area contributed by atoms with Crippen LogP contribution in [-0.4, -0.2) is 38.4 Å². The normalized spacial score (nSPS) is 24.2. The van der Waals surface area contributed by atoms with Gasteiger partial charge in [-0.15, -0.1) is 11.3 Å². The number of hydrogen-bond acceptors (Lipinski definition) is 4. The lowest BCUT2D eigenvalue weighted by Gasteiger charge is -2.39. The Balaban J connectivity index is 1.74. The van der Waals surface area contributed by atoms with Crippen LogP contribution < -0.4 is 0 Å². The van der Waals surface area contributed by atoms with E-state index in [1.165, 1.54) is 0 Å². The maximum atomic E-state index is 11.6. The van der Waals surface area contributed by atoms with Gasteiger partial charge in [-0.05, 0) is 25.8 Å². The van der Waals surface area contributed by atoms with Crippen LogP contribution in [0, 0.1) is 5.41 Å². The fourth-order valence-corrected chi connectivity index (χ4v) is 3.78. The van der Waals surface area contributed by atoms with Crippen molar-refractivity contribution in [1.82, 2.24) is 14.3 Å². The minimum atomic E-state index is -0.657. The summed E-state index contributed by atoms with van der Waals surface area (Å²) in [6.45, 7) is 4.30. The number of hydrogen-bond donors (Lipinski definition) is 1. The van der Waals surface area contributed by atoms with Crippen LogP contribution in [0.15, 0.2) is 17.8 Å². The molecule has 108 valence electrons. The summed E-state index contributed by atoms with van der Waals surface area (Å²) in [5.41, 5.74) is 0.448. The molecule has 2 aromatic rings. The zero-order chi connectivity index (χ0) is 14.2. The minimum absolute atomic E-state index is 0.574. The molecule has 0 radical (unpaired) electrons. The summed E-state index contributed by atoms with van der Waals surface area (Å²) in [4.78, 5) is 19.4. The molecule has 6 heteroatoms. The summed E-state index contributed by atoms with van der Waals surface area (Å²) < 4.78 is 2.02. The standard InChI is InChI=1S/C14H19N3O2S/c1-2-14(12(18)19)4-3-5-16(10-14)8-11-9-17-6-7-20-13(17)15-11/h6-7,9H,2-5,8,10H2,1H3,(H,18,19). The molecule has 0 bridgehead atoms. The van der Waals surface area contributed by atoms with Gasteiger partial charge in [-0.1, -0.05) is 6.92 Å². The van der Waals surface area contributed by atoms with Crippen LogP contribution in [0.25, 0.3) is 4.96 Å². The Morgan fingerprint density at radius 1 is 1.60 bits per heavy atom. The van der Waals surface area contributed by atoms with Gasteiger partial charge in [0, 0.05) is 30.9 Å². The largest absolute Gasteiger partial charge is 0.481 e. The van der Waals surface area contributed by atoms with Gasteiger partial charge in [-0.2, -0.15) is 0 Å². The fraction of sp³-hybridized carbons (Fsp3) is 0.571. The second-order valence-corrected chi connectivity index (χ2v) is 6.45. The molecule has 1 N–H and O–H groups in total. The summed E-state index contributed by atoms with van der Waals surface area (Å²) in [6.07, 6.45) is 6.46. The summed E-state index contributed by atoms with van der Waals surface area (Å²) in [6, 6.07) is 0. The van der Waals surface area contributed by atoms with Crippen molar-refractivity contribution in [3.05, 3.63) is 23.5 Å². The van der Waals surface area contributed by atoms with Gasteiger partial charge in [-0.25, -0.2) is 4.98 Å². The van der Waals surface area contributed by atoms with E-state index in [0.29, 0.717) is 13.0 Å². The Morgan fingerprint density at radius 2 is 2.45 bits per heavy atom. The molecule has 0 saturated carbocycles. The highest BCUT2D eigenvalue weighted by Gasteiger charge is 2.40. The SMILES string of the molecule is CCC1(C(=O)O)CCCN(Cc2cn3ccsc3n2)C1. The van der Waals surface area contributed by atoms with Gasteiger partial charge in [0.05, 0.1) is 11.1 Å². The average molecular weight is 293 g/mol. The number of rotatable bonds is 4. The number of fused-ring (bicyclic) bond motifs is 1. The van der Waals surface area contributed by atoms with E-state index < -0.39 is 11.4 Å². The van der Waals surface area contributed by atoms with Crippen molar-refractivity contribution < 1.29 is 9.90 Å². The first-order valence-corrected chi connectivity index (χ1v) is 7.88. The Hall–Kier alpha value is -1.40. The van der Waals surface area contributed by atoms with Crippen molar-refractivity contribution in [2.24, 2.45) is 5.41 Å². The number of nitrogens with zero attached hydrogens (tertiary/aromatic N) is 3. The third kappa shape index (κ3) is 2.33. The van der Waals surface area contributed by atoms with Crippen molar-refractivity contribution in [1.29, 1.82) is 0 Å². The van der Waals surface area contributed by atoms with Crippen molar-refractivity contribution in [2.75, 3.05) is 13.1 Å². The van der Waals surface area contributed by atoms with Crippen molar-refractivity contribution in [3.63, 3.8) is 0 Å². The van der Waals surface area contributed by atoms with Crippen LogP contribution in [0.2, 0.25) is 0 Å². The Labute approximate surface area is 121 Å². The highest BCUT2D eigenvalue weighted by Crippen LogP contribution is 2.34. The number of aromatic nitrogens is 2. The average Bonchev–Trinajstić information content (AvgIpc) is 2.99. The third-order valence-corrected chi connectivity index (χ3v) is 5.09. The first kappa shape index (κ1) is 13.6. The predicted octanol–water partition coefficient (Wildman–Crippen LogP) is 2.47. The molecule has 0 aromatic carbocycles. The molecule has 1 aliphatic heterocycles. The monoisotopic (exact) mass is 293 g/mol. The highest BCUT2D eigenvalue weighted by atomic mass is 32.1. The van der Waals surface area contributed by atoms with Crippen molar-refractivity contribution in [3.8, 4) is 0 Å². The first-order chi connectivity index (χ1) is 9.63. The smallest absolute Gasteiger partial charge is 0.310 e. The molecule has 1 unspecified atom stereocenters. The zero-order valence-electron chi connectivity index (χ0n) is 11.6. The molecule has 5 nitrogen and oxygen atoms in total. The maximum Gasteiger partial charge on any atom is 0.310 e. The number of aliphatic carboxylic acids is 1. The summed E-state index contributed by atoms with van der Waals surface area (Å²) in [5, 5.41) is 11.5. The quantitative estimate of drug-likeness (QED) is 0.941. The summed E-state index contributed by atoms with van der Waals surface area (Å²) in [5.74, 6) is -0.657. The van der Waals surface area contributed by atoms with E-state index in [1.54, 1.807) is 11.3 Å². The Morgan fingerprint density at radius 3 is 3.15 bits per heavy atom. The van der Waals surface area contributed by atoms with Gasteiger partial charge in [0.2, 0.25) is 0 Å². The summed E-state index contributed by atoms with van der Waals surface area (Å²) >= 11 is 1.62. The van der Waals surface area contributed by atoms with E-state index in [-0.39, 0.29) is 0 Å². The van der Waals surface area contributed by atoms with Crippen molar-refractivity contribution >= 4 is 22.3 Å². The van der Waals surface area contributed by atoms with Gasteiger partial charge in [0.25, 0.3) is 0 Å². The number of carboxylic acid groups (broad SMARTS) is 1. The van der Waals surface area contributed by atoms with E-state index in [1.807, 2.05) is 29.1 Å². The zero-order valence-corrected chi connectivity index (χ0v) is 12.4. The molecule has 1 atom stereocenters. The van der Waals surface area contributed by atoms with Gasteiger partial charge < -0.3 is 5.11 Å². The lowest BCUT2D eigenvalue weighted by atomic mass is 9.77. The molecule has 2 aromatic heterocycles. The Kier molecular flexibility index (Phi) is 3.52. The molecule has 1 fully saturated rings. The molecular formula is C14H19N3O2S. The van der Waals surface area contributed by atoms with E-state index in [2.05, 4.69) is 9.88 Å². The molecule has 1 saturated heterocycles. The molecular weight excluding hydrogens is 274 g/mol. The number of carbonyl (C=O) groups is 1. The van der Waals surface area contributed by atoms with Crippen LogP contribution in [0.3, 0.4) is 0 Å². The van der Waals surface area contributed by atoms with E-state index in [9.17, 15) is 9.90 Å². The van der Waals surface area contributed by atoms with Gasteiger partial charge in [-0.3, -0.25) is 14.1 Å². The van der Waals surface area contributed by atoms with E-state index >= 15 is 0 Å². The fourth-order valence-electron chi connectivity index (χ4n) is 3.06. The summed E-state index contributed by atoms with van der Waals surface area (Å²) in [7, 11) is 0. The number of imidazole rings is 1. The number of carboxylic acids is 1. The molecule has 3 heterocycles. The lowest BCUT2D eigenvalue weighted by molar-refractivity contribution is -0.153. The van der Waals surface area contributed by atoms with Gasteiger partial charge >= 0.3 is 5.97 Å². The van der Waals surface area contributed by atoms with Crippen molar-refractivity contribution in [2.45, 2.75) is 32.7 Å². The second kappa shape index (κ2) is 5.18. The number of likely N-dealkylation sites (tertiary alicyclic amines) is 1. The molecule has 20 heavy (non-hydrogen) atoms. The van der Waals surface area contributed by atoms with E-state index in [0.717, 1.165) is 36.6 Å². The topological polar surface area (TPSA) is 57.8 Å². The molecule has 0 amide bonds. The van der Waals surface area contributed by atoms with Crippen LogP contribution in [0.5, 0.6) is 0 Å². The van der Waals surface area contributed by atoms with Crippen LogP contribution in [0.4, 0.5) is 0 Å². The molecule has 3 rings (SSSR count). The molecule has 0 aliphatic carbocycles. The maximum absolute atomic E-state index is 11.6. The van der Waals surface area contributed by atoms with Crippen LogP contribution in [-0.2, 0) is 11.3 Å². The van der Waals surface area contributed by atoms with Crippen LogP contribution >= 0.6 is 11.3 Å². The second-order valence-electron chi connectivity index (χ2n) is 5.58. The van der Waals surface area contributed by atoms with Gasteiger partial charge in [0.15, 0.2) is 4.96 Å². The van der Waals surface area contributed by atoms with Crippen LogP contribution in [0.1, 0.15) is 31.9 Å². The number of piperidine rings is 1.